The smallest absolute Gasteiger partial charge is 0.339 e. The molecular formula is C20H20BrCl2N5O2. The number of carboxylic acid groups (broad SMARTS) is 1. The maximum Gasteiger partial charge on any atom is 0.339 e. The van der Waals surface area contributed by atoms with Crippen molar-refractivity contribution in [3.8, 4) is 0 Å². The number of anilines is 2. The van der Waals surface area contributed by atoms with Crippen LogP contribution in [0.15, 0.2) is 35.1 Å². The van der Waals surface area contributed by atoms with E-state index in [1.165, 1.54) is 0 Å². The van der Waals surface area contributed by atoms with Gasteiger partial charge in [-0.1, -0.05) is 39.1 Å². The van der Waals surface area contributed by atoms with Gasteiger partial charge >= 0.3 is 5.97 Å². The minimum absolute atomic E-state index is 0.0455. The number of carbonyl (C=O) groups is 1. The molecule has 1 fully saturated rings. The molecular weight excluding hydrogens is 493 g/mol. The Kier molecular flexibility index (Phi) is 6.22. The number of rotatable bonds is 5. The van der Waals surface area contributed by atoms with Gasteiger partial charge in [0.15, 0.2) is 5.65 Å². The van der Waals surface area contributed by atoms with Crippen molar-refractivity contribution in [3.63, 3.8) is 0 Å². The van der Waals surface area contributed by atoms with Crippen LogP contribution in [0.4, 0.5) is 11.4 Å². The number of fused-ring (bicyclic) bond motifs is 1. The topological polar surface area (TPSA) is 73.1 Å². The normalized spacial score (nSPS) is 15.6. The van der Waals surface area contributed by atoms with Gasteiger partial charge in [0.05, 0.1) is 28.3 Å². The fourth-order valence-electron chi connectivity index (χ4n) is 3.49. The van der Waals surface area contributed by atoms with Crippen LogP contribution >= 0.6 is 39.1 Å². The van der Waals surface area contributed by atoms with Crippen molar-refractivity contribution in [2.75, 3.05) is 38.5 Å². The number of aromatic carboxylic acids is 1. The van der Waals surface area contributed by atoms with E-state index in [4.69, 9.17) is 23.2 Å². The number of carboxylic acids is 1. The molecule has 0 spiro atoms. The molecule has 1 aliphatic heterocycles. The van der Waals surface area contributed by atoms with E-state index >= 15 is 0 Å². The summed E-state index contributed by atoms with van der Waals surface area (Å²) < 4.78 is 2.58. The molecule has 1 aromatic carbocycles. The SMILES string of the molecule is CN1CCN(Cc2cnc3c(Cl)c(Nc4ccc(Br)cc4Cl)c(C(=O)O)cn23)CC1. The Labute approximate surface area is 192 Å². The Morgan fingerprint density at radius 1 is 1.27 bits per heavy atom. The fourth-order valence-corrected chi connectivity index (χ4v) is 4.50. The van der Waals surface area contributed by atoms with Gasteiger partial charge in [-0.2, -0.15) is 0 Å². The van der Waals surface area contributed by atoms with Crippen LogP contribution in [0.3, 0.4) is 0 Å². The molecule has 30 heavy (non-hydrogen) atoms. The molecule has 0 bridgehead atoms. The third-order valence-electron chi connectivity index (χ3n) is 5.22. The summed E-state index contributed by atoms with van der Waals surface area (Å²) in [5, 5.41) is 13.6. The van der Waals surface area contributed by atoms with Gasteiger partial charge in [-0.15, -0.1) is 0 Å². The Morgan fingerprint density at radius 2 is 2.00 bits per heavy atom. The largest absolute Gasteiger partial charge is 0.478 e. The van der Waals surface area contributed by atoms with Crippen LogP contribution in [0.25, 0.3) is 5.65 Å². The Morgan fingerprint density at radius 3 is 2.67 bits per heavy atom. The zero-order valence-electron chi connectivity index (χ0n) is 16.2. The minimum atomic E-state index is -1.09. The summed E-state index contributed by atoms with van der Waals surface area (Å²) in [6, 6.07) is 5.29. The Hall–Kier alpha value is -1.84. The highest BCUT2D eigenvalue weighted by atomic mass is 79.9. The molecule has 158 valence electrons. The fraction of sp³-hybridized carbons (Fsp3) is 0.300. The van der Waals surface area contributed by atoms with Gasteiger partial charge in [-0.3, -0.25) is 4.90 Å². The molecule has 7 nitrogen and oxygen atoms in total. The number of nitrogens with zero attached hydrogens (tertiary/aromatic N) is 4. The predicted molar refractivity (Wildman–Crippen MR) is 122 cm³/mol. The zero-order chi connectivity index (χ0) is 21.4. The van der Waals surface area contributed by atoms with E-state index in [-0.39, 0.29) is 16.3 Å². The third-order valence-corrected chi connectivity index (χ3v) is 6.38. The standard InChI is InChI=1S/C20H20BrCl2N5O2/c1-26-4-6-27(7-5-26)10-13-9-24-19-17(23)18(14(20(29)30)11-28(13)19)25-16-3-2-12(21)8-15(16)22/h2-3,8-9,11,25H,4-7,10H2,1H3,(H,29,30). The van der Waals surface area contributed by atoms with Crippen LogP contribution in [0.2, 0.25) is 10.0 Å². The maximum absolute atomic E-state index is 12.0. The highest BCUT2D eigenvalue weighted by Gasteiger charge is 2.22. The predicted octanol–water partition coefficient (Wildman–Crippen LogP) is 4.59. The van der Waals surface area contributed by atoms with Crippen molar-refractivity contribution in [1.29, 1.82) is 0 Å². The second-order valence-corrected chi connectivity index (χ2v) is 9.01. The zero-order valence-corrected chi connectivity index (χ0v) is 19.3. The molecule has 1 saturated heterocycles. The van der Waals surface area contributed by atoms with Crippen molar-refractivity contribution in [1.82, 2.24) is 19.2 Å². The summed E-state index contributed by atoms with van der Waals surface area (Å²) in [6.45, 7) is 4.57. The lowest BCUT2D eigenvalue weighted by atomic mass is 10.2. The lowest BCUT2D eigenvalue weighted by molar-refractivity contribution is 0.0697. The molecule has 0 radical (unpaired) electrons. The van der Waals surface area contributed by atoms with Gasteiger partial charge in [0.1, 0.15) is 10.6 Å². The highest BCUT2D eigenvalue weighted by molar-refractivity contribution is 9.10. The van der Waals surface area contributed by atoms with Gasteiger partial charge in [0.2, 0.25) is 0 Å². The summed E-state index contributed by atoms with van der Waals surface area (Å²) in [5.41, 5.74) is 2.26. The number of benzene rings is 1. The molecule has 10 heteroatoms. The molecule has 1 aliphatic rings. The molecule has 2 aromatic heterocycles. The monoisotopic (exact) mass is 511 g/mol. The lowest BCUT2D eigenvalue weighted by Gasteiger charge is -2.32. The van der Waals surface area contributed by atoms with E-state index in [1.807, 2.05) is 6.07 Å². The van der Waals surface area contributed by atoms with E-state index in [0.29, 0.717) is 22.9 Å². The molecule has 3 heterocycles. The average molecular weight is 513 g/mol. The van der Waals surface area contributed by atoms with Crippen LogP contribution in [-0.2, 0) is 6.54 Å². The van der Waals surface area contributed by atoms with Crippen molar-refractivity contribution in [2.24, 2.45) is 0 Å². The van der Waals surface area contributed by atoms with E-state index in [1.54, 1.807) is 28.9 Å². The number of pyridine rings is 1. The molecule has 4 rings (SSSR count). The van der Waals surface area contributed by atoms with Gasteiger partial charge in [0.25, 0.3) is 0 Å². The lowest BCUT2D eigenvalue weighted by Crippen LogP contribution is -2.44. The van der Waals surface area contributed by atoms with Crippen LogP contribution in [0.5, 0.6) is 0 Å². The first-order valence-corrected chi connectivity index (χ1v) is 10.9. The number of imidazole rings is 1. The number of hydrogen-bond donors (Lipinski definition) is 2. The van der Waals surface area contributed by atoms with Crippen molar-refractivity contribution >= 4 is 62.1 Å². The van der Waals surface area contributed by atoms with Crippen molar-refractivity contribution in [3.05, 3.63) is 56.4 Å². The first kappa shape index (κ1) is 21.4. The number of aromatic nitrogens is 2. The molecule has 0 unspecified atom stereocenters. The first-order valence-electron chi connectivity index (χ1n) is 9.38. The van der Waals surface area contributed by atoms with Gasteiger partial charge in [-0.05, 0) is 25.2 Å². The molecule has 0 amide bonds. The first-order chi connectivity index (χ1) is 14.3. The summed E-state index contributed by atoms with van der Waals surface area (Å²) in [4.78, 5) is 21.1. The van der Waals surface area contributed by atoms with Gasteiger partial charge in [-0.25, -0.2) is 9.78 Å². The second-order valence-electron chi connectivity index (χ2n) is 7.31. The quantitative estimate of drug-likeness (QED) is 0.520. The van der Waals surface area contributed by atoms with Crippen LogP contribution in [0, 0.1) is 0 Å². The molecule has 0 saturated carbocycles. The van der Waals surface area contributed by atoms with Crippen LogP contribution in [0.1, 0.15) is 16.1 Å². The molecule has 0 atom stereocenters. The average Bonchev–Trinajstić information content (AvgIpc) is 3.10. The van der Waals surface area contributed by atoms with Crippen molar-refractivity contribution in [2.45, 2.75) is 6.54 Å². The summed E-state index contributed by atoms with van der Waals surface area (Å²) >= 11 is 16.3. The third kappa shape index (κ3) is 4.29. The number of likely N-dealkylation sites (N-methyl/N-ethyl adjacent to an activating group) is 1. The van der Waals surface area contributed by atoms with Crippen molar-refractivity contribution < 1.29 is 9.90 Å². The number of piperazine rings is 1. The number of hydrogen-bond acceptors (Lipinski definition) is 5. The molecule has 0 aliphatic carbocycles. The minimum Gasteiger partial charge on any atom is -0.478 e. The van der Waals surface area contributed by atoms with E-state index in [9.17, 15) is 9.90 Å². The summed E-state index contributed by atoms with van der Waals surface area (Å²) in [7, 11) is 2.11. The number of nitrogens with one attached hydrogen (secondary N) is 1. The highest BCUT2D eigenvalue weighted by Crippen LogP contribution is 2.36. The number of halogens is 3. The Balaban J connectivity index is 1.72. The second kappa shape index (κ2) is 8.72. The summed E-state index contributed by atoms with van der Waals surface area (Å²) in [6.07, 6.45) is 3.32. The van der Waals surface area contributed by atoms with Gasteiger partial charge < -0.3 is 19.7 Å². The van der Waals surface area contributed by atoms with E-state index < -0.39 is 5.97 Å². The van der Waals surface area contributed by atoms with Gasteiger partial charge in [0, 0.05) is 43.4 Å². The van der Waals surface area contributed by atoms with Crippen LogP contribution in [-0.4, -0.2) is 63.5 Å². The van der Waals surface area contributed by atoms with Crippen LogP contribution < -0.4 is 5.32 Å². The molecule has 2 N–H and O–H groups in total. The maximum atomic E-state index is 12.0. The van der Waals surface area contributed by atoms with E-state index in [0.717, 1.165) is 36.3 Å². The Bertz CT molecular complexity index is 1110. The summed E-state index contributed by atoms with van der Waals surface area (Å²) in [5.74, 6) is -1.09. The molecule has 3 aromatic rings. The van der Waals surface area contributed by atoms with E-state index in [2.05, 4.69) is 43.1 Å².